The second kappa shape index (κ2) is 8.63. The van der Waals surface area contributed by atoms with Gasteiger partial charge < -0.3 is 15.1 Å². The fourth-order valence-corrected chi connectivity index (χ4v) is 2.90. The highest BCUT2D eigenvalue weighted by molar-refractivity contribution is 6.39. The third-order valence-corrected chi connectivity index (χ3v) is 4.54. The normalized spacial score (nSPS) is 16.3. The van der Waals surface area contributed by atoms with Gasteiger partial charge in [0.05, 0.1) is 0 Å². The summed E-state index contributed by atoms with van der Waals surface area (Å²) in [5, 5.41) is 6.92. The zero-order chi connectivity index (χ0) is 18.4. The molecule has 1 amide bonds. The molecule has 0 saturated carbocycles. The number of carbonyl (C=O) groups excluding carboxylic acids is 1. The van der Waals surface area contributed by atoms with Crippen molar-refractivity contribution in [1.29, 1.82) is 0 Å². The van der Waals surface area contributed by atoms with Gasteiger partial charge in [-0.3, -0.25) is 4.79 Å². The molecule has 0 fully saturated rings. The second-order valence-corrected chi connectivity index (χ2v) is 6.58. The summed E-state index contributed by atoms with van der Waals surface area (Å²) in [5.41, 5.74) is 3.80. The van der Waals surface area contributed by atoms with E-state index in [1.807, 2.05) is 42.5 Å². The van der Waals surface area contributed by atoms with E-state index in [4.69, 9.17) is 4.84 Å². The van der Waals surface area contributed by atoms with Crippen LogP contribution in [-0.2, 0) is 22.7 Å². The van der Waals surface area contributed by atoms with Gasteiger partial charge in [-0.25, -0.2) is 0 Å². The molecule has 0 radical (unpaired) electrons. The fourth-order valence-electron chi connectivity index (χ4n) is 2.90. The van der Waals surface area contributed by atoms with E-state index >= 15 is 0 Å². The largest absolute Gasteiger partial charge is 0.387 e. The lowest BCUT2D eigenvalue weighted by Crippen LogP contribution is -2.30. The molecule has 1 N–H and O–H groups in total. The van der Waals surface area contributed by atoms with E-state index in [1.165, 1.54) is 5.56 Å². The van der Waals surface area contributed by atoms with Crippen molar-refractivity contribution in [3.8, 4) is 0 Å². The highest BCUT2D eigenvalue weighted by Gasteiger charge is 2.27. The molecular formula is C21H25N3O2. The van der Waals surface area contributed by atoms with Crippen LogP contribution in [0.2, 0.25) is 0 Å². The van der Waals surface area contributed by atoms with Gasteiger partial charge >= 0.3 is 0 Å². The number of hydrogen-bond donors (Lipinski definition) is 1. The third kappa shape index (κ3) is 4.70. The van der Waals surface area contributed by atoms with Crippen molar-refractivity contribution in [2.75, 3.05) is 13.6 Å². The summed E-state index contributed by atoms with van der Waals surface area (Å²) in [6.07, 6.45) is 0.321. The first-order valence-corrected chi connectivity index (χ1v) is 8.98. The molecule has 0 bridgehead atoms. The van der Waals surface area contributed by atoms with Crippen molar-refractivity contribution in [2.24, 2.45) is 5.16 Å². The summed E-state index contributed by atoms with van der Waals surface area (Å²) in [5.74, 6) is -0.167. The maximum Gasteiger partial charge on any atom is 0.269 e. The predicted octanol–water partition coefficient (Wildman–Crippen LogP) is 3.27. The molecule has 5 nitrogen and oxygen atoms in total. The van der Waals surface area contributed by atoms with Crippen molar-refractivity contribution < 1.29 is 9.63 Å². The van der Waals surface area contributed by atoms with Crippen LogP contribution in [-0.4, -0.2) is 30.1 Å². The van der Waals surface area contributed by atoms with Gasteiger partial charge in [0.25, 0.3) is 5.91 Å². The van der Waals surface area contributed by atoms with Crippen LogP contribution in [0.5, 0.6) is 0 Å². The number of hydrogen-bond acceptors (Lipinski definition) is 4. The SMILES string of the molecule is CCN(C)Cc1cccc(CNC(=O)C2=NOC(c3ccccc3)C2)c1. The monoisotopic (exact) mass is 351 g/mol. The standard InChI is InChI=1S/C21H25N3O2/c1-3-24(2)15-17-9-7-8-16(12-17)14-22-21(25)19-13-20(26-23-19)18-10-5-4-6-11-18/h4-12,20H,3,13-15H2,1-2H3,(H,22,25). The first-order chi connectivity index (χ1) is 12.7. The van der Waals surface area contributed by atoms with Crippen LogP contribution in [0.15, 0.2) is 59.8 Å². The topological polar surface area (TPSA) is 53.9 Å². The summed E-state index contributed by atoms with van der Waals surface area (Å²) in [7, 11) is 2.09. The Balaban J connectivity index is 1.52. The Bertz CT molecular complexity index is 774. The van der Waals surface area contributed by atoms with Crippen LogP contribution < -0.4 is 5.32 Å². The first-order valence-electron chi connectivity index (χ1n) is 8.98. The number of amides is 1. The molecule has 2 aromatic rings. The summed E-state index contributed by atoms with van der Waals surface area (Å²) >= 11 is 0. The Morgan fingerprint density at radius 2 is 1.96 bits per heavy atom. The maximum absolute atomic E-state index is 12.4. The molecule has 26 heavy (non-hydrogen) atoms. The van der Waals surface area contributed by atoms with E-state index in [0.29, 0.717) is 18.7 Å². The molecule has 0 aromatic heterocycles. The lowest BCUT2D eigenvalue weighted by molar-refractivity contribution is -0.115. The summed E-state index contributed by atoms with van der Waals surface area (Å²) in [6.45, 7) is 4.52. The minimum atomic E-state index is -0.176. The zero-order valence-electron chi connectivity index (χ0n) is 15.3. The van der Waals surface area contributed by atoms with Crippen LogP contribution in [0.4, 0.5) is 0 Å². The average Bonchev–Trinajstić information content (AvgIpc) is 3.17. The summed E-state index contributed by atoms with van der Waals surface area (Å²) in [6, 6.07) is 18.1. The number of oxime groups is 1. The Morgan fingerprint density at radius 3 is 2.73 bits per heavy atom. The number of nitrogens with one attached hydrogen (secondary N) is 1. The van der Waals surface area contributed by atoms with Crippen molar-refractivity contribution in [2.45, 2.75) is 32.5 Å². The Morgan fingerprint density at radius 1 is 1.19 bits per heavy atom. The molecule has 1 atom stereocenters. The van der Waals surface area contributed by atoms with Gasteiger partial charge in [-0.2, -0.15) is 0 Å². The zero-order valence-corrected chi connectivity index (χ0v) is 15.3. The lowest BCUT2D eigenvalue weighted by Gasteiger charge is -2.14. The smallest absolute Gasteiger partial charge is 0.269 e. The van der Waals surface area contributed by atoms with E-state index in [-0.39, 0.29) is 12.0 Å². The number of benzene rings is 2. The van der Waals surface area contributed by atoms with Gasteiger partial charge in [0.1, 0.15) is 5.71 Å². The third-order valence-electron chi connectivity index (χ3n) is 4.54. The molecule has 0 saturated heterocycles. The van der Waals surface area contributed by atoms with E-state index < -0.39 is 0 Å². The van der Waals surface area contributed by atoms with Crippen LogP contribution in [0.3, 0.4) is 0 Å². The van der Waals surface area contributed by atoms with Crippen LogP contribution >= 0.6 is 0 Å². The molecule has 2 aromatic carbocycles. The van der Waals surface area contributed by atoms with E-state index in [0.717, 1.165) is 24.2 Å². The van der Waals surface area contributed by atoms with Gasteiger partial charge in [-0.1, -0.05) is 66.7 Å². The van der Waals surface area contributed by atoms with Crippen LogP contribution in [0.1, 0.15) is 36.1 Å². The van der Waals surface area contributed by atoms with Crippen molar-refractivity contribution in [3.05, 3.63) is 71.3 Å². The minimum absolute atomic E-state index is 0.167. The van der Waals surface area contributed by atoms with Crippen LogP contribution in [0.25, 0.3) is 0 Å². The first kappa shape index (κ1) is 18.1. The van der Waals surface area contributed by atoms with Gasteiger partial charge in [-0.05, 0) is 30.3 Å². The van der Waals surface area contributed by atoms with Gasteiger partial charge in [0.2, 0.25) is 0 Å². The van der Waals surface area contributed by atoms with Crippen molar-refractivity contribution >= 4 is 11.6 Å². The molecule has 0 spiro atoms. The van der Waals surface area contributed by atoms with Gasteiger partial charge in [0, 0.05) is 19.5 Å². The van der Waals surface area contributed by atoms with E-state index in [9.17, 15) is 4.79 Å². The molecule has 1 heterocycles. The molecule has 0 aliphatic carbocycles. The molecule has 3 rings (SSSR count). The summed E-state index contributed by atoms with van der Waals surface area (Å²) < 4.78 is 0. The molecular weight excluding hydrogens is 326 g/mol. The van der Waals surface area contributed by atoms with Crippen LogP contribution in [0, 0.1) is 0 Å². The maximum atomic E-state index is 12.4. The molecule has 1 unspecified atom stereocenters. The van der Waals surface area contributed by atoms with Gasteiger partial charge in [-0.15, -0.1) is 0 Å². The van der Waals surface area contributed by atoms with Crippen molar-refractivity contribution in [1.82, 2.24) is 10.2 Å². The highest BCUT2D eigenvalue weighted by Crippen LogP contribution is 2.26. The van der Waals surface area contributed by atoms with Crippen molar-refractivity contribution in [3.63, 3.8) is 0 Å². The highest BCUT2D eigenvalue weighted by atomic mass is 16.6. The van der Waals surface area contributed by atoms with E-state index in [2.05, 4.69) is 41.5 Å². The van der Waals surface area contributed by atoms with E-state index in [1.54, 1.807) is 0 Å². The molecule has 5 heteroatoms. The Kier molecular flexibility index (Phi) is 6.02. The summed E-state index contributed by atoms with van der Waals surface area (Å²) in [4.78, 5) is 20.0. The molecule has 136 valence electrons. The second-order valence-electron chi connectivity index (χ2n) is 6.58. The Hall–Kier alpha value is -2.66. The fraction of sp³-hybridized carbons (Fsp3) is 0.333. The molecule has 1 aliphatic heterocycles. The number of nitrogens with zero attached hydrogens (tertiary/aromatic N) is 2. The number of carbonyl (C=O) groups is 1. The molecule has 1 aliphatic rings. The average molecular weight is 351 g/mol. The quantitative estimate of drug-likeness (QED) is 0.833. The predicted molar refractivity (Wildman–Crippen MR) is 103 cm³/mol. The number of rotatable bonds is 7. The lowest BCUT2D eigenvalue weighted by atomic mass is 10.0. The van der Waals surface area contributed by atoms with Gasteiger partial charge in [0.15, 0.2) is 6.10 Å². The Labute approximate surface area is 154 Å². The minimum Gasteiger partial charge on any atom is -0.387 e.